The van der Waals surface area contributed by atoms with Crippen LogP contribution in [0.15, 0.2) is 0 Å². The van der Waals surface area contributed by atoms with E-state index in [9.17, 15) is 9.90 Å². The van der Waals surface area contributed by atoms with Crippen molar-refractivity contribution in [3.63, 3.8) is 0 Å². The van der Waals surface area contributed by atoms with E-state index in [0.29, 0.717) is 0 Å². The Morgan fingerprint density at radius 2 is 1.85 bits per heavy atom. The molecule has 0 bridgehead atoms. The quantitative estimate of drug-likeness (QED) is 0.693. The van der Waals surface area contributed by atoms with E-state index in [1.54, 1.807) is 0 Å². The number of alkyl carbamates (subject to hydrolysis) is 1. The maximum atomic E-state index is 11.9. The van der Waals surface area contributed by atoms with E-state index in [1.807, 2.05) is 27.7 Å². The summed E-state index contributed by atoms with van der Waals surface area (Å²) in [5, 5.41) is 15.6. The highest BCUT2D eigenvalue weighted by molar-refractivity contribution is 5.68. The van der Waals surface area contributed by atoms with E-state index in [-0.39, 0.29) is 30.8 Å². The highest BCUT2D eigenvalue weighted by Gasteiger charge is 2.27. The molecule has 1 amide bonds. The number of nitrogens with one attached hydrogen (secondary N) is 2. The smallest absolute Gasteiger partial charge is 0.407 e. The molecule has 5 heteroatoms. The molecule has 0 radical (unpaired) electrons. The zero-order chi connectivity index (χ0) is 15.2. The fourth-order valence-electron chi connectivity index (χ4n) is 2.56. The zero-order valence-electron chi connectivity index (χ0n) is 13.2. The van der Waals surface area contributed by atoms with Crippen molar-refractivity contribution >= 4 is 6.09 Å². The Hall–Kier alpha value is -0.810. The summed E-state index contributed by atoms with van der Waals surface area (Å²) in [4.78, 5) is 11.9. The van der Waals surface area contributed by atoms with Crippen LogP contribution < -0.4 is 10.6 Å². The van der Waals surface area contributed by atoms with E-state index in [1.165, 1.54) is 6.42 Å². The molecule has 0 aliphatic heterocycles. The number of amides is 1. The Morgan fingerprint density at radius 3 is 2.40 bits per heavy atom. The summed E-state index contributed by atoms with van der Waals surface area (Å²) in [6, 6.07) is 0.314. The maximum absolute atomic E-state index is 11.9. The molecular weight excluding hydrogens is 256 g/mol. The van der Waals surface area contributed by atoms with Gasteiger partial charge in [-0.15, -0.1) is 0 Å². The monoisotopic (exact) mass is 286 g/mol. The van der Waals surface area contributed by atoms with Gasteiger partial charge in [0.25, 0.3) is 0 Å². The van der Waals surface area contributed by atoms with Gasteiger partial charge < -0.3 is 20.5 Å². The van der Waals surface area contributed by atoms with Crippen molar-refractivity contribution in [1.29, 1.82) is 0 Å². The van der Waals surface area contributed by atoms with Gasteiger partial charge in [0, 0.05) is 18.1 Å². The van der Waals surface area contributed by atoms with Gasteiger partial charge in [-0.1, -0.05) is 19.3 Å². The molecule has 1 fully saturated rings. The number of aliphatic hydroxyl groups is 1. The lowest BCUT2D eigenvalue weighted by molar-refractivity contribution is 0.0487. The van der Waals surface area contributed by atoms with Gasteiger partial charge in [-0.2, -0.15) is 0 Å². The largest absolute Gasteiger partial charge is 0.444 e. The lowest BCUT2D eigenvalue weighted by Gasteiger charge is -2.30. The van der Waals surface area contributed by atoms with Crippen molar-refractivity contribution in [3.05, 3.63) is 0 Å². The van der Waals surface area contributed by atoms with Crippen LogP contribution in [0, 0.1) is 0 Å². The van der Waals surface area contributed by atoms with Crippen molar-refractivity contribution in [1.82, 2.24) is 10.6 Å². The van der Waals surface area contributed by atoms with Crippen LogP contribution in [0.1, 0.15) is 59.8 Å². The van der Waals surface area contributed by atoms with Gasteiger partial charge in [-0.25, -0.2) is 4.79 Å². The topological polar surface area (TPSA) is 70.6 Å². The van der Waals surface area contributed by atoms with Gasteiger partial charge >= 0.3 is 6.09 Å². The number of carbonyl (C=O) groups is 1. The van der Waals surface area contributed by atoms with Gasteiger partial charge in [0.15, 0.2) is 0 Å². The molecule has 3 atom stereocenters. The summed E-state index contributed by atoms with van der Waals surface area (Å²) >= 11 is 0. The molecule has 0 saturated heterocycles. The summed E-state index contributed by atoms with van der Waals surface area (Å²) in [6.07, 6.45) is 5.08. The maximum Gasteiger partial charge on any atom is 0.407 e. The van der Waals surface area contributed by atoms with Crippen LogP contribution in [0.4, 0.5) is 4.79 Å². The number of ether oxygens (including phenoxy) is 1. The molecule has 1 saturated carbocycles. The molecule has 3 N–H and O–H groups in total. The number of hydrogen-bond acceptors (Lipinski definition) is 4. The molecule has 20 heavy (non-hydrogen) atoms. The Morgan fingerprint density at radius 1 is 1.25 bits per heavy atom. The minimum absolute atomic E-state index is 0.0426. The first kappa shape index (κ1) is 17.2. The first-order valence-corrected chi connectivity index (χ1v) is 7.68. The van der Waals surface area contributed by atoms with Crippen LogP contribution in [0.2, 0.25) is 0 Å². The van der Waals surface area contributed by atoms with Crippen molar-refractivity contribution in [2.24, 2.45) is 0 Å². The second-order valence-corrected chi connectivity index (χ2v) is 6.75. The first-order chi connectivity index (χ1) is 9.31. The number of aliphatic hydroxyl groups excluding tert-OH is 1. The van der Waals surface area contributed by atoms with E-state index < -0.39 is 5.60 Å². The van der Waals surface area contributed by atoms with Crippen molar-refractivity contribution in [3.8, 4) is 0 Å². The SMILES string of the molecule is C[C@H](CO)N[C@H]1CCCCC[C@@H]1NC(=O)OC(C)(C)C. The Kier molecular flexibility index (Phi) is 6.76. The molecule has 0 aromatic rings. The Labute approximate surface area is 122 Å². The van der Waals surface area contributed by atoms with Crippen LogP contribution in [-0.4, -0.2) is 41.5 Å². The average molecular weight is 286 g/mol. The summed E-state index contributed by atoms with van der Waals surface area (Å²) in [5.74, 6) is 0. The predicted molar refractivity (Wildman–Crippen MR) is 79.7 cm³/mol. The third kappa shape index (κ3) is 6.57. The van der Waals surface area contributed by atoms with Crippen molar-refractivity contribution in [2.75, 3.05) is 6.61 Å². The second kappa shape index (κ2) is 7.84. The van der Waals surface area contributed by atoms with Gasteiger partial charge in [-0.05, 0) is 40.5 Å². The highest BCUT2D eigenvalue weighted by Crippen LogP contribution is 2.19. The predicted octanol–water partition coefficient (Wildman–Crippen LogP) is 2.18. The minimum atomic E-state index is -0.476. The molecule has 5 nitrogen and oxygen atoms in total. The number of rotatable bonds is 4. The number of hydrogen-bond donors (Lipinski definition) is 3. The van der Waals surface area contributed by atoms with Gasteiger partial charge in [0.1, 0.15) is 5.60 Å². The molecule has 0 heterocycles. The Bertz CT molecular complexity index is 302. The van der Waals surface area contributed by atoms with Crippen molar-refractivity contribution < 1.29 is 14.6 Å². The van der Waals surface area contributed by atoms with E-state index >= 15 is 0 Å². The molecule has 118 valence electrons. The molecule has 0 aromatic carbocycles. The third-order valence-electron chi connectivity index (χ3n) is 3.49. The van der Waals surface area contributed by atoms with Gasteiger partial charge in [0.2, 0.25) is 0 Å². The summed E-state index contributed by atoms with van der Waals surface area (Å²) in [7, 11) is 0. The lowest BCUT2D eigenvalue weighted by Crippen LogP contribution is -2.53. The fourth-order valence-corrected chi connectivity index (χ4v) is 2.56. The van der Waals surface area contributed by atoms with E-state index in [4.69, 9.17) is 4.74 Å². The van der Waals surface area contributed by atoms with Crippen LogP contribution in [0.5, 0.6) is 0 Å². The standard InChI is InChI=1S/C15H30N2O3/c1-11(10-18)16-12-8-6-5-7-9-13(12)17-14(19)20-15(2,3)4/h11-13,16,18H,5-10H2,1-4H3,(H,17,19)/t11-,12+,13+/m1/s1. The molecule has 1 aliphatic rings. The molecular formula is C15H30N2O3. The van der Waals surface area contributed by atoms with Crippen LogP contribution in [0.25, 0.3) is 0 Å². The van der Waals surface area contributed by atoms with Gasteiger partial charge in [-0.3, -0.25) is 0 Å². The van der Waals surface area contributed by atoms with Crippen LogP contribution in [0.3, 0.4) is 0 Å². The summed E-state index contributed by atoms with van der Waals surface area (Å²) in [6.45, 7) is 7.65. The third-order valence-corrected chi connectivity index (χ3v) is 3.49. The molecule has 0 aromatic heterocycles. The van der Waals surface area contributed by atoms with E-state index in [0.717, 1.165) is 25.7 Å². The summed E-state index contributed by atoms with van der Waals surface area (Å²) in [5.41, 5.74) is -0.476. The fraction of sp³-hybridized carbons (Fsp3) is 0.933. The molecule has 1 rings (SSSR count). The first-order valence-electron chi connectivity index (χ1n) is 7.68. The minimum Gasteiger partial charge on any atom is -0.444 e. The van der Waals surface area contributed by atoms with Crippen LogP contribution in [-0.2, 0) is 4.74 Å². The summed E-state index contributed by atoms with van der Waals surface area (Å²) < 4.78 is 5.33. The molecule has 0 spiro atoms. The highest BCUT2D eigenvalue weighted by atomic mass is 16.6. The Balaban J connectivity index is 2.58. The normalized spacial score (nSPS) is 25.6. The second-order valence-electron chi connectivity index (χ2n) is 6.75. The van der Waals surface area contributed by atoms with Crippen LogP contribution >= 0.6 is 0 Å². The number of carbonyl (C=O) groups excluding carboxylic acids is 1. The lowest BCUT2D eigenvalue weighted by atomic mass is 10.0. The average Bonchev–Trinajstić information content (AvgIpc) is 2.53. The molecule has 0 unspecified atom stereocenters. The van der Waals surface area contributed by atoms with Gasteiger partial charge in [0.05, 0.1) is 6.61 Å². The van der Waals surface area contributed by atoms with E-state index in [2.05, 4.69) is 10.6 Å². The zero-order valence-corrected chi connectivity index (χ0v) is 13.2. The van der Waals surface area contributed by atoms with Crippen molar-refractivity contribution in [2.45, 2.75) is 83.5 Å². The molecule has 1 aliphatic carbocycles.